The summed E-state index contributed by atoms with van der Waals surface area (Å²) in [5.41, 5.74) is 1.30. The minimum absolute atomic E-state index is 0.480. The molecule has 1 aromatic carbocycles. The first kappa shape index (κ1) is 27.9. The fourth-order valence-electron chi connectivity index (χ4n) is 3.76. The Bertz CT molecular complexity index is 580. The molecule has 190 valence electrons. The van der Waals surface area contributed by atoms with Crippen molar-refractivity contribution in [2.24, 2.45) is 0 Å². The fourth-order valence-corrected chi connectivity index (χ4v) is 3.76. The normalized spacial score (nSPS) is 17.2. The van der Waals surface area contributed by atoms with Gasteiger partial charge in [-0.3, -0.25) is 0 Å². The first-order valence-electron chi connectivity index (χ1n) is 13.1. The Labute approximate surface area is 201 Å². The highest BCUT2D eigenvalue weighted by molar-refractivity contribution is 5.43. The van der Waals surface area contributed by atoms with E-state index in [1.54, 1.807) is 0 Å². The summed E-state index contributed by atoms with van der Waals surface area (Å²) in [4.78, 5) is 0. The van der Waals surface area contributed by atoms with Gasteiger partial charge in [0.1, 0.15) is 13.2 Å². The van der Waals surface area contributed by atoms with Gasteiger partial charge in [0, 0.05) is 0 Å². The summed E-state index contributed by atoms with van der Waals surface area (Å²) >= 11 is 0. The molecule has 0 radical (unpaired) electrons. The molecule has 0 aromatic heterocycles. The van der Waals surface area contributed by atoms with Gasteiger partial charge >= 0.3 is 0 Å². The van der Waals surface area contributed by atoms with Crippen molar-refractivity contribution in [3.05, 3.63) is 23.8 Å². The molecule has 0 spiro atoms. The second-order valence-corrected chi connectivity index (χ2v) is 8.51. The zero-order valence-corrected chi connectivity index (χ0v) is 20.8. The molecule has 0 unspecified atom stereocenters. The summed E-state index contributed by atoms with van der Waals surface area (Å²) in [6.45, 7) is 7.62. The van der Waals surface area contributed by atoms with Gasteiger partial charge in [0.2, 0.25) is 0 Å². The largest absolute Gasteiger partial charge is 0.487 e. The number of hydrogen-bond donors (Lipinski definition) is 0. The molecule has 0 N–H and O–H groups in total. The van der Waals surface area contributed by atoms with Gasteiger partial charge in [-0.25, -0.2) is 0 Å². The molecule has 0 bridgehead atoms. The van der Waals surface area contributed by atoms with Gasteiger partial charge in [0.15, 0.2) is 11.5 Å². The van der Waals surface area contributed by atoms with Gasteiger partial charge in [-0.05, 0) is 30.5 Å². The third-order valence-electron chi connectivity index (χ3n) is 5.66. The van der Waals surface area contributed by atoms with E-state index >= 15 is 0 Å². The Morgan fingerprint density at radius 2 is 0.970 bits per heavy atom. The monoisotopic (exact) mass is 466 g/mol. The molecule has 0 amide bonds. The summed E-state index contributed by atoms with van der Waals surface area (Å²) in [6, 6.07) is 6.30. The van der Waals surface area contributed by atoms with Crippen LogP contribution in [-0.4, -0.2) is 66.1 Å². The van der Waals surface area contributed by atoms with E-state index in [4.69, 9.17) is 28.4 Å². The molecular weight excluding hydrogens is 420 g/mol. The maximum Gasteiger partial charge on any atom is 0.161 e. The molecule has 0 aliphatic carbocycles. The number of fused-ring (bicyclic) bond motifs is 1. The second-order valence-electron chi connectivity index (χ2n) is 8.51. The maximum absolute atomic E-state index is 6.01. The Morgan fingerprint density at radius 3 is 1.52 bits per heavy atom. The highest BCUT2D eigenvalue weighted by atomic mass is 16.6. The third kappa shape index (κ3) is 14.5. The minimum atomic E-state index is 0.480. The fraction of sp³-hybridized carbons (Fsp3) is 0.778. The van der Waals surface area contributed by atoms with Crippen LogP contribution in [0.4, 0.5) is 0 Å². The van der Waals surface area contributed by atoms with Crippen LogP contribution in [0.5, 0.6) is 11.5 Å². The highest BCUT2D eigenvalue weighted by Gasteiger charge is 2.08. The molecule has 33 heavy (non-hydrogen) atoms. The van der Waals surface area contributed by atoms with Crippen molar-refractivity contribution in [3.63, 3.8) is 0 Å². The van der Waals surface area contributed by atoms with Gasteiger partial charge in [-0.15, -0.1) is 0 Å². The average Bonchev–Trinajstić information content (AvgIpc) is 2.83. The van der Waals surface area contributed by atoms with Gasteiger partial charge in [-0.2, -0.15) is 0 Å². The van der Waals surface area contributed by atoms with Crippen LogP contribution >= 0.6 is 0 Å². The Balaban J connectivity index is 1.75. The van der Waals surface area contributed by atoms with Crippen molar-refractivity contribution in [3.8, 4) is 11.5 Å². The molecule has 0 atom stereocenters. The summed E-state index contributed by atoms with van der Waals surface area (Å²) in [7, 11) is 0. The van der Waals surface area contributed by atoms with Crippen molar-refractivity contribution >= 4 is 0 Å². The van der Waals surface area contributed by atoms with Crippen LogP contribution in [0.25, 0.3) is 0 Å². The lowest BCUT2D eigenvalue weighted by Gasteiger charge is -2.15. The summed E-state index contributed by atoms with van der Waals surface area (Å²) in [5.74, 6) is 1.54. The zero-order chi connectivity index (χ0) is 23.2. The lowest BCUT2D eigenvalue weighted by Crippen LogP contribution is -2.16. The second kappa shape index (κ2) is 20.1. The van der Waals surface area contributed by atoms with E-state index < -0.39 is 0 Å². The van der Waals surface area contributed by atoms with E-state index in [1.165, 1.54) is 63.4 Å². The first-order valence-corrected chi connectivity index (χ1v) is 13.1. The predicted octanol–water partition coefficient (Wildman–Crippen LogP) is 5.60. The van der Waals surface area contributed by atoms with Gasteiger partial charge in [0.25, 0.3) is 0 Å². The molecule has 6 heteroatoms. The van der Waals surface area contributed by atoms with Crippen molar-refractivity contribution < 1.29 is 28.4 Å². The van der Waals surface area contributed by atoms with Crippen LogP contribution in [0, 0.1) is 0 Å². The number of unbranched alkanes of at least 4 members (excludes halogenated alkanes) is 8. The minimum Gasteiger partial charge on any atom is -0.487 e. The maximum atomic E-state index is 6.01. The average molecular weight is 467 g/mol. The highest BCUT2D eigenvalue weighted by Crippen LogP contribution is 2.29. The summed E-state index contributed by atoms with van der Waals surface area (Å²) in [5, 5.41) is 0. The summed E-state index contributed by atoms with van der Waals surface area (Å²) < 4.78 is 34.1. The molecule has 0 saturated heterocycles. The Kier molecular flexibility index (Phi) is 17.0. The molecule has 2 rings (SSSR count). The predicted molar refractivity (Wildman–Crippen MR) is 132 cm³/mol. The molecule has 1 aromatic rings. The van der Waals surface area contributed by atoms with Gasteiger partial charge in [0.05, 0.1) is 52.9 Å². The number of benzene rings is 1. The van der Waals surface area contributed by atoms with E-state index in [1.807, 2.05) is 6.07 Å². The molecule has 6 nitrogen and oxygen atoms in total. The van der Waals surface area contributed by atoms with Crippen LogP contribution in [0.15, 0.2) is 18.2 Å². The van der Waals surface area contributed by atoms with Crippen molar-refractivity contribution in [1.82, 2.24) is 0 Å². The SMILES string of the molecule is CCCCCCCCCCCc1ccc2c(c1)OCCOCCOCCOCCOCCO2. The van der Waals surface area contributed by atoms with E-state index in [9.17, 15) is 0 Å². The van der Waals surface area contributed by atoms with Crippen molar-refractivity contribution in [2.45, 2.75) is 71.1 Å². The number of hydrogen-bond acceptors (Lipinski definition) is 6. The lowest BCUT2D eigenvalue weighted by atomic mass is 10.0. The first-order chi connectivity index (χ1) is 16.4. The molecule has 0 fully saturated rings. The van der Waals surface area contributed by atoms with E-state index in [0.29, 0.717) is 66.1 Å². The Morgan fingerprint density at radius 1 is 0.515 bits per heavy atom. The van der Waals surface area contributed by atoms with Crippen molar-refractivity contribution in [2.75, 3.05) is 66.1 Å². The van der Waals surface area contributed by atoms with Crippen LogP contribution in [0.2, 0.25) is 0 Å². The van der Waals surface area contributed by atoms with Gasteiger partial charge in [-0.1, -0.05) is 64.4 Å². The quantitative estimate of drug-likeness (QED) is 0.419. The number of aryl methyl sites for hydroxylation is 1. The van der Waals surface area contributed by atoms with Crippen LogP contribution in [-0.2, 0) is 25.4 Å². The third-order valence-corrected chi connectivity index (χ3v) is 5.66. The van der Waals surface area contributed by atoms with Crippen LogP contribution in [0.1, 0.15) is 70.3 Å². The Hall–Kier alpha value is -1.34. The number of rotatable bonds is 10. The van der Waals surface area contributed by atoms with Crippen LogP contribution < -0.4 is 9.47 Å². The lowest BCUT2D eigenvalue weighted by molar-refractivity contribution is -0.00842. The molecule has 0 saturated carbocycles. The van der Waals surface area contributed by atoms with Crippen molar-refractivity contribution in [1.29, 1.82) is 0 Å². The van der Waals surface area contributed by atoms with E-state index in [-0.39, 0.29) is 0 Å². The smallest absolute Gasteiger partial charge is 0.161 e. The molecule has 1 heterocycles. The van der Waals surface area contributed by atoms with E-state index in [2.05, 4.69) is 19.1 Å². The van der Waals surface area contributed by atoms with E-state index in [0.717, 1.165) is 17.9 Å². The zero-order valence-electron chi connectivity index (χ0n) is 20.8. The summed E-state index contributed by atoms with van der Waals surface area (Å²) in [6.07, 6.45) is 13.2. The van der Waals surface area contributed by atoms with Crippen LogP contribution in [0.3, 0.4) is 0 Å². The van der Waals surface area contributed by atoms with Gasteiger partial charge < -0.3 is 28.4 Å². The molecular formula is C27H46O6. The standard InChI is InChI=1S/C27H46O6/c1-2-3-4-5-6-7-8-9-10-11-25-12-13-26-27(24-25)33-23-21-31-19-17-29-15-14-28-16-18-30-20-22-32-26/h12-13,24H,2-11,14-23H2,1H3. The molecule has 1 aliphatic heterocycles. The number of ether oxygens (including phenoxy) is 6. The topological polar surface area (TPSA) is 55.4 Å². The molecule has 1 aliphatic rings.